The number of hydrogen-bond acceptors (Lipinski definition) is 1. The molecule has 0 saturated heterocycles. The van der Waals surface area contributed by atoms with E-state index in [1.165, 1.54) is 13.2 Å². The summed E-state index contributed by atoms with van der Waals surface area (Å²) in [5, 5.41) is 1.32. The van der Waals surface area contributed by atoms with Crippen molar-refractivity contribution in [2.75, 3.05) is 7.11 Å². The summed E-state index contributed by atoms with van der Waals surface area (Å²) in [6, 6.07) is 5.33. The van der Waals surface area contributed by atoms with Gasteiger partial charge >= 0.3 is 0 Å². The number of halogens is 3. The highest BCUT2D eigenvalue weighted by Gasteiger charge is 2.14. The molecule has 0 fully saturated rings. The van der Waals surface area contributed by atoms with Gasteiger partial charge in [-0.15, -0.1) is 0 Å². The van der Waals surface area contributed by atoms with Crippen molar-refractivity contribution in [3.8, 4) is 5.75 Å². The molecule has 0 radical (unpaired) electrons. The van der Waals surface area contributed by atoms with E-state index in [4.69, 9.17) is 16.3 Å². The second kappa shape index (κ2) is 3.85. The zero-order chi connectivity index (χ0) is 12.9. The van der Waals surface area contributed by atoms with Crippen molar-refractivity contribution in [2.24, 2.45) is 0 Å². The van der Waals surface area contributed by atoms with E-state index in [-0.39, 0.29) is 0 Å². The average molecular weight is 268 g/mol. The van der Waals surface area contributed by atoms with Crippen molar-refractivity contribution in [3.63, 3.8) is 0 Å². The molecule has 3 rings (SSSR count). The van der Waals surface area contributed by atoms with Gasteiger partial charge in [0.25, 0.3) is 0 Å². The first-order chi connectivity index (χ1) is 8.60. The van der Waals surface area contributed by atoms with Crippen LogP contribution in [0.4, 0.5) is 8.78 Å². The smallest absolute Gasteiger partial charge is 0.144 e. The largest absolute Gasteiger partial charge is 0.495 e. The maximum atomic E-state index is 13.8. The molecule has 2 aromatic carbocycles. The number of rotatable bonds is 1. The van der Waals surface area contributed by atoms with Crippen LogP contribution in [0.5, 0.6) is 5.75 Å². The molecule has 0 unspecified atom stereocenters. The summed E-state index contributed by atoms with van der Waals surface area (Å²) in [5.41, 5.74) is 0.976. The lowest BCUT2D eigenvalue weighted by molar-refractivity contribution is 0.419. The molecule has 3 aromatic rings. The van der Waals surface area contributed by atoms with E-state index < -0.39 is 11.6 Å². The molecule has 0 saturated carbocycles. The van der Waals surface area contributed by atoms with Crippen molar-refractivity contribution >= 4 is 33.4 Å². The summed E-state index contributed by atoms with van der Waals surface area (Å²) in [5.74, 6) is -0.759. The average Bonchev–Trinajstić information content (AvgIpc) is 2.65. The number of aromatic nitrogens is 1. The summed E-state index contributed by atoms with van der Waals surface area (Å²) < 4.78 is 32.2. The third-order valence-electron chi connectivity index (χ3n) is 2.87. The number of ether oxygens (including phenoxy) is 1. The lowest BCUT2D eigenvalue weighted by Gasteiger charge is -2.02. The number of benzene rings is 2. The number of H-pyrrole nitrogens is 1. The van der Waals surface area contributed by atoms with Gasteiger partial charge in [-0.05, 0) is 12.1 Å². The van der Waals surface area contributed by atoms with E-state index >= 15 is 0 Å². The fourth-order valence-electron chi connectivity index (χ4n) is 2.15. The molecule has 0 aliphatic carbocycles. The minimum Gasteiger partial charge on any atom is -0.495 e. The van der Waals surface area contributed by atoms with E-state index in [9.17, 15) is 8.78 Å². The second-order valence-corrected chi connectivity index (χ2v) is 4.40. The van der Waals surface area contributed by atoms with Gasteiger partial charge < -0.3 is 9.72 Å². The van der Waals surface area contributed by atoms with Gasteiger partial charge in [0, 0.05) is 27.9 Å². The molecule has 0 bridgehead atoms. The Morgan fingerprint density at radius 1 is 1.17 bits per heavy atom. The summed E-state index contributed by atoms with van der Waals surface area (Å²) in [4.78, 5) is 2.94. The van der Waals surface area contributed by atoms with Gasteiger partial charge in [-0.1, -0.05) is 11.6 Å². The highest BCUT2D eigenvalue weighted by atomic mass is 35.5. The molecule has 92 valence electrons. The Morgan fingerprint density at radius 3 is 2.67 bits per heavy atom. The number of fused-ring (bicyclic) bond motifs is 3. The molecule has 1 aromatic heterocycles. The van der Waals surface area contributed by atoms with Crippen LogP contribution in [0.1, 0.15) is 0 Å². The van der Waals surface area contributed by atoms with Gasteiger partial charge in [0.15, 0.2) is 0 Å². The van der Waals surface area contributed by atoms with E-state index in [1.807, 2.05) is 0 Å². The lowest BCUT2D eigenvalue weighted by Crippen LogP contribution is -1.84. The van der Waals surface area contributed by atoms with E-state index in [0.717, 1.165) is 6.07 Å². The quantitative estimate of drug-likeness (QED) is 0.700. The van der Waals surface area contributed by atoms with Crippen LogP contribution in [0.3, 0.4) is 0 Å². The second-order valence-electron chi connectivity index (χ2n) is 3.97. The number of hydrogen-bond donors (Lipinski definition) is 1. The van der Waals surface area contributed by atoms with Crippen LogP contribution < -0.4 is 4.74 Å². The standard InChI is InChI=1S/C13H8ClF2NO/c1-18-11-3-6(14)2-8-12-9(16)4-7(15)5-10(12)17-13(8)11/h2-5,17H,1H3. The molecule has 0 amide bonds. The minimum absolute atomic E-state index is 0.312. The summed E-state index contributed by atoms with van der Waals surface area (Å²) in [6.07, 6.45) is 0. The zero-order valence-electron chi connectivity index (χ0n) is 9.35. The molecule has 2 nitrogen and oxygen atoms in total. The van der Waals surface area contributed by atoms with Gasteiger partial charge in [-0.3, -0.25) is 0 Å². The van der Waals surface area contributed by atoms with E-state index in [1.54, 1.807) is 12.1 Å². The van der Waals surface area contributed by atoms with E-state index in [0.29, 0.717) is 32.6 Å². The van der Waals surface area contributed by atoms with Crippen LogP contribution >= 0.6 is 11.6 Å². The van der Waals surface area contributed by atoms with E-state index in [2.05, 4.69) is 4.98 Å². The van der Waals surface area contributed by atoms with Crippen molar-refractivity contribution < 1.29 is 13.5 Å². The van der Waals surface area contributed by atoms with Crippen LogP contribution in [0, 0.1) is 11.6 Å². The predicted octanol–water partition coefficient (Wildman–Crippen LogP) is 4.26. The molecule has 1 heterocycles. The van der Waals surface area contributed by atoms with Crippen LogP contribution in [-0.2, 0) is 0 Å². The van der Waals surface area contributed by atoms with Gasteiger partial charge in [0.1, 0.15) is 17.4 Å². The minimum atomic E-state index is -0.628. The molecular formula is C13H8ClF2NO. The van der Waals surface area contributed by atoms with Gasteiger partial charge in [-0.2, -0.15) is 0 Å². The first-order valence-corrected chi connectivity index (χ1v) is 5.62. The maximum Gasteiger partial charge on any atom is 0.144 e. The fourth-order valence-corrected chi connectivity index (χ4v) is 2.36. The molecule has 0 aliphatic rings. The first kappa shape index (κ1) is 11.3. The predicted molar refractivity (Wildman–Crippen MR) is 67.3 cm³/mol. The molecule has 0 spiro atoms. The third-order valence-corrected chi connectivity index (χ3v) is 3.09. The van der Waals surface area contributed by atoms with Crippen molar-refractivity contribution in [2.45, 2.75) is 0 Å². The fraction of sp³-hybridized carbons (Fsp3) is 0.0769. The maximum absolute atomic E-state index is 13.8. The van der Waals surface area contributed by atoms with Gasteiger partial charge in [0.2, 0.25) is 0 Å². The lowest BCUT2D eigenvalue weighted by atomic mass is 10.1. The normalized spacial score (nSPS) is 11.3. The Labute approximate surface area is 106 Å². The molecule has 18 heavy (non-hydrogen) atoms. The number of methoxy groups -OCH3 is 1. The Bertz CT molecular complexity index is 767. The SMILES string of the molecule is COc1cc(Cl)cc2c1[nH]c1cc(F)cc(F)c12. The third kappa shape index (κ3) is 1.53. The Morgan fingerprint density at radius 2 is 1.94 bits per heavy atom. The summed E-state index contributed by atoms with van der Waals surface area (Å²) in [6.45, 7) is 0. The highest BCUT2D eigenvalue weighted by Crippen LogP contribution is 2.36. The zero-order valence-corrected chi connectivity index (χ0v) is 10.1. The molecule has 0 atom stereocenters. The molecule has 0 aliphatic heterocycles. The highest BCUT2D eigenvalue weighted by molar-refractivity contribution is 6.32. The van der Waals surface area contributed by atoms with Crippen molar-refractivity contribution in [1.29, 1.82) is 0 Å². The van der Waals surface area contributed by atoms with Crippen LogP contribution in [0.25, 0.3) is 21.8 Å². The van der Waals surface area contributed by atoms with Crippen molar-refractivity contribution in [1.82, 2.24) is 4.98 Å². The van der Waals surface area contributed by atoms with Crippen LogP contribution in [0.15, 0.2) is 24.3 Å². The molecule has 5 heteroatoms. The van der Waals surface area contributed by atoms with Crippen LogP contribution in [0.2, 0.25) is 5.02 Å². The van der Waals surface area contributed by atoms with Gasteiger partial charge in [-0.25, -0.2) is 8.78 Å². The Balaban J connectivity index is 2.55. The topological polar surface area (TPSA) is 25.0 Å². The summed E-state index contributed by atoms with van der Waals surface area (Å²) >= 11 is 5.95. The number of nitrogens with one attached hydrogen (secondary N) is 1. The summed E-state index contributed by atoms with van der Waals surface area (Å²) in [7, 11) is 1.49. The Kier molecular flexibility index (Phi) is 2.41. The monoisotopic (exact) mass is 267 g/mol. The first-order valence-electron chi connectivity index (χ1n) is 5.24. The Hall–Kier alpha value is -1.81. The van der Waals surface area contributed by atoms with Crippen molar-refractivity contribution in [3.05, 3.63) is 40.9 Å². The molecular weight excluding hydrogens is 260 g/mol. The molecule has 1 N–H and O–H groups in total. The van der Waals surface area contributed by atoms with Crippen LogP contribution in [-0.4, -0.2) is 12.1 Å². The van der Waals surface area contributed by atoms with Gasteiger partial charge in [0.05, 0.1) is 18.1 Å². The number of aromatic amines is 1.